The van der Waals surface area contributed by atoms with Crippen LogP contribution in [-0.2, 0) is 4.79 Å². The third-order valence-electron chi connectivity index (χ3n) is 3.65. The molecule has 0 aromatic rings. The lowest BCUT2D eigenvalue weighted by Gasteiger charge is -2.29. The van der Waals surface area contributed by atoms with Gasteiger partial charge in [-0.1, -0.05) is 12.8 Å². The zero-order valence-electron chi connectivity index (χ0n) is 11.5. The molecule has 1 aliphatic rings. The molecule has 0 aromatic heterocycles. The van der Waals surface area contributed by atoms with Gasteiger partial charge in [0, 0.05) is 26.2 Å². The Morgan fingerprint density at radius 2 is 1.88 bits per heavy atom. The van der Waals surface area contributed by atoms with Crippen LogP contribution in [0.25, 0.3) is 0 Å². The van der Waals surface area contributed by atoms with Crippen molar-refractivity contribution >= 4 is 5.91 Å². The Morgan fingerprint density at radius 1 is 1.29 bits per heavy atom. The van der Waals surface area contributed by atoms with Crippen molar-refractivity contribution in [3.63, 3.8) is 0 Å². The van der Waals surface area contributed by atoms with Crippen LogP contribution in [0, 0.1) is 0 Å². The Kier molecular flexibility index (Phi) is 6.52. The number of hydrogen-bond donors (Lipinski definition) is 1. The highest BCUT2D eigenvalue weighted by Gasteiger charge is 2.23. The molecule has 0 radical (unpaired) electrons. The van der Waals surface area contributed by atoms with Crippen LogP contribution in [0.1, 0.15) is 32.6 Å². The Balaban J connectivity index is 2.43. The van der Waals surface area contributed by atoms with E-state index in [9.17, 15) is 4.79 Å². The van der Waals surface area contributed by atoms with Crippen molar-refractivity contribution in [3.8, 4) is 0 Å². The van der Waals surface area contributed by atoms with Gasteiger partial charge in [-0.05, 0) is 33.9 Å². The number of nitrogens with zero attached hydrogens (tertiary/aromatic N) is 2. The first-order valence-corrected chi connectivity index (χ1v) is 6.80. The standard InChI is InChI=1S/C13H27N3O/c1-12(15(3)11-8-14-2)13(17)16-9-6-4-5-7-10-16/h12,14H,4-11H2,1-3H3. The molecular formula is C13H27N3O. The molecular weight excluding hydrogens is 214 g/mol. The molecule has 1 atom stereocenters. The lowest BCUT2D eigenvalue weighted by atomic mass is 10.2. The van der Waals surface area contributed by atoms with Crippen LogP contribution >= 0.6 is 0 Å². The summed E-state index contributed by atoms with van der Waals surface area (Å²) in [5, 5.41) is 3.12. The minimum Gasteiger partial charge on any atom is -0.341 e. The molecule has 1 aliphatic heterocycles. The van der Waals surface area contributed by atoms with Gasteiger partial charge < -0.3 is 10.2 Å². The molecule has 1 unspecified atom stereocenters. The molecule has 1 fully saturated rings. The van der Waals surface area contributed by atoms with Crippen LogP contribution in [0.4, 0.5) is 0 Å². The van der Waals surface area contributed by atoms with Crippen LogP contribution in [-0.4, -0.2) is 62.0 Å². The fourth-order valence-electron chi connectivity index (χ4n) is 2.23. The van der Waals surface area contributed by atoms with E-state index in [4.69, 9.17) is 0 Å². The SMILES string of the molecule is CNCCN(C)C(C)C(=O)N1CCCCCC1. The maximum Gasteiger partial charge on any atom is 0.239 e. The van der Waals surface area contributed by atoms with Gasteiger partial charge in [0.1, 0.15) is 0 Å². The average Bonchev–Trinajstić information content (AvgIpc) is 2.62. The first kappa shape index (κ1) is 14.5. The molecule has 1 N–H and O–H groups in total. The molecule has 0 saturated carbocycles. The third-order valence-corrected chi connectivity index (χ3v) is 3.65. The van der Waals surface area contributed by atoms with E-state index in [0.29, 0.717) is 5.91 Å². The fourth-order valence-corrected chi connectivity index (χ4v) is 2.23. The molecule has 4 heteroatoms. The zero-order chi connectivity index (χ0) is 12.7. The minimum atomic E-state index is 0.00134. The van der Waals surface area contributed by atoms with E-state index in [-0.39, 0.29) is 6.04 Å². The predicted molar refractivity (Wildman–Crippen MR) is 71.1 cm³/mol. The second kappa shape index (κ2) is 7.67. The Hall–Kier alpha value is -0.610. The summed E-state index contributed by atoms with van der Waals surface area (Å²) in [6.07, 6.45) is 4.87. The van der Waals surface area contributed by atoms with E-state index >= 15 is 0 Å². The van der Waals surface area contributed by atoms with Gasteiger partial charge in [-0.25, -0.2) is 0 Å². The Bertz CT molecular complexity index is 225. The van der Waals surface area contributed by atoms with Crippen molar-refractivity contribution in [2.45, 2.75) is 38.6 Å². The lowest BCUT2D eigenvalue weighted by molar-refractivity contribution is -0.135. The van der Waals surface area contributed by atoms with E-state index in [0.717, 1.165) is 26.2 Å². The zero-order valence-corrected chi connectivity index (χ0v) is 11.5. The quantitative estimate of drug-likeness (QED) is 0.778. The van der Waals surface area contributed by atoms with E-state index < -0.39 is 0 Å². The molecule has 1 saturated heterocycles. The molecule has 0 aliphatic carbocycles. The van der Waals surface area contributed by atoms with Gasteiger partial charge in [0.05, 0.1) is 6.04 Å². The van der Waals surface area contributed by atoms with Crippen LogP contribution < -0.4 is 5.32 Å². The van der Waals surface area contributed by atoms with Crippen LogP contribution in [0.5, 0.6) is 0 Å². The van der Waals surface area contributed by atoms with Gasteiger partial charge >= 0.3 is 0 Å². The summed E-state index contributed by atoms with van der Waals surface area (Å²) in [7, 11) is 3.97. The second-order valence-electron chi connectivity index (χ2n) is 5.00. The number of likely N-dealkylation sites (tertiary alicyclic amines) is 1. The number of amides is 1. The smallest absolute Gasteiger partial charge is 0.239 e. The van der Waals surface area contributed by atoms with Crippen molar-refractivity contribution < 1.29 is 4.79 Å². The largest absolute Gasteiger partial charge is 0.341 e. The monoisotopic (exact) mass is 241 g/mol. The number of carbonyl (C=O) groups is 1. The normalized spacial score (nSPS) is 19.2. The summed E-state index contributed by atoms with van der Waals surface area (Å²) in [5.41, 5.74) is 0. The third kappa shape index (κ3) is 4.64. The number of carbonyl (C=O) groups excluding carboxylic acids is 1. The van der Waals surface area contributed by atoms with Crippen LogP contribution in [0.3, 0.4) is 0 Å². The number of rotatable bonds is 5. The van der Waals surface area contributed by atoms with Gasteiger partial charge in [0.2, 0.25) is 5.91 Å². The van der Waals surface area contributed by atoms with Crippen molar-refractivity contribution in [1.29, 1.82) is 0 Å². The van der Waals surface area contributed by atoms with E-state index in [1.165, 1.54) is 25.7 Å². The van der Waals surface area contributed by atoms with Crippen LogP contribution in [0.2, 0.25) is 0 Å². The highest BCUT2D eigenvalue weighted by Crippen LogP contribution is 2.12. The van der Waals surface area contributed by atoms with E-state index in [1.54, 1.807) is 0 Å². The molecule has 17 heavy (non-hydrogen) atoms. The summed E-state index contributed by atoms with van der Waals surface area (Å²) in [5.74, 6) is 0.297. The number of nitrogens with one attached hydrogen (secondary N) is 1. The van der Waals surface area contributed by atoms with Crippen molar-refractivity contribution in [1.82, 2.24) is 15.1 Å². The average molecular weight is 241 g/mol. The van der Waals surface area contributed by atoms with Crippen molar-refractivity contribution in [2.24, 2.45) is 0 Å². The van der Waals surface area contributed by atoms with Crippen molar-refractivity contribution in [2.75, 3.05) is 40.3 Å². The minimum absolute atomic E-state index is 0.00134. The van der Waals surface area contributed by atoms with Crippen molar-refractivity contribution in [3.05, 3.63) is 0 Å². The van der Waals surface area contributed by atoms with Gasteiger partial charge in [0.25, 0.3) is 0 Å². The number of hydrogen-bond acceptors (Lipinski definition) is 3. The molecule has 100 valence electrons. The van der Waals surface area contributed by atoms with Crippen LogP contribution in [0.15, 0.2) is 0 Å². The Morgan fingerprint density at radius 3 is 2.41 bits per heavy atom. The molecule has 1 rings (SSSR count). The number of likely N-dealkylation sites (N-methyl/N-ethyl adjacent to an activating group) is 2. The summed E-state index contributed by atoms with van der Waals surface area (Å²) in [6, 6.07) is 0.00134. The fraction of sp³-hybridized carbons (Fsp3) is 0.923. The molecule has 1 amide bonds. The highest BCUT2D eigenvalue weighted by atomic mass is 16.2. The maximum atomic E-state index is 12.3. The lowest BCUT2D eigenvalue weighted by Crippen LogP contribution is -2.47. The van der Waals surface area contributed by atoms with E-state index in [1.807, 2.05) is 25.9 Å². The predicted octanol–water partition coefficient (Wildman–Crippen LogP) is 0.929. The summed E-state index contributed by atoms with van der Waals surface area (Å²) < 4.78 is 0. The van der Waals surface area contributed by atoms with Gasteiger partial charge in [-0.3, -0.25) is 9.69 Å². The summed E-state index contributed by atoms with van der Waals surface area (Å²) >= 11 is 0. The van der Waals surface area contributed by atoms with Gasteiger partial charge in [0.15, 0.2) is 0 Å². The first-order valence-electron chi connectivity index (χ1n) is 6.80. The molecule has 0 spiro atoms. The molecule has 4 nitrogen and oxygen atoms in total. The summed E-state index contributed by atoms with van der Waals surface area (Å²) in [4.78, 5) is 16.5. The highest BCUT2D eigenvalue weighted by molar-refractivity contribution is 5.81. The molecule has 1 heterocycles. The van der Waals surface area contributed by atoms with Gasteiger partial charge in [-0.2, -0.15) is 0 Å². The summed E-state index contributed by atoms with van der Waals surface area (Å²) in [6.45, 7) is 5.75. The Labute approximate surface area is 105 Å². The molecule has 0 aromatic carbocycles. The second-order valence-corrected chi connectivity index (χ2v) is 5.00. The van der Waals surface area contributed by atoms with E-state index in [2.05, 4.69) is 10.2 Å². The first-order chi connectivity index (χ1) is 8.16. The van der Waals surface area contributed by atoms with Gasteiger partial charge in [-0.15, -0.1) is 0 Å². The maximum absolute atomic E-state index is 12.3. The topological polar surface area (TPSA) is 35.6 Å². The molecule has 0 bridgehead atoms.